The minimum absolute atomic E-state index is 0.0739. The quantitative estimate of drug-likeness (QED) is 0.199. The number of benzene rings is 1. The Bertz CT molecular complexity index is 539. The van der Waals surface area contributed by atoms with E-state index >= 15 is 0 Å². The van der Waals surface area contributed by atoms with Gasteiger partial charge in [0.25, 0.3) is 5.97 Å². The van der Waals surface area contributed by atoms with E-state index in [1.807, 2.05) is 13.8 Å². The largest absolute Gasteiger partial charge is 0.343 e. The molecule has 1 aromatic rings. The fraction of sp³-hybridized carbons (Fsp3) is 0.760. The van der Waals surface area contributed by atoms with Crippen molar-refractivity contribution in [3.63, 3.8) is 0 Å². The summed E-state index contributed by atoms with van der Waals surface area (Å²) >= 11 is 0. The SMILES string of the molecule is CCCCCCCCC(CCCCCc1cc(F)cc(F)c1)C(O)(OCC)OCC. The number of halogens is 2. The molecule has 0 bridgehead atoms. The van der Waals surface area contributed by atoms with Gasteiger partial charge in [-0.05, 0) is 57.2 Å². The van der Waals surface area contributed by atoms with Gasteiger partial charge in [0.15, 0.2) is 0 Å². The van der Waals surface area contributed by atoms with Gasteiger partial charge in [0, 0.05) is 25.2 Å². The number of ether oxygens (including phenoxy) is 2. The van der Waals surface area contributed by atoms with E-state index in [1.54, 1.807) is 0 Å². The van der Waals surface area contributed by atoms with Crippen molar-refractivity contribution in [2.45, 2.75) is 104 Å². The van der Waals surface area contributed by atoms with Crippen LogP contribution in [0.2, 0.25) is 0 Å². The molecule has 0 amide bonds. The average Bonchev–Trinajstić information content (AvgIpc) is 2.68. The smallest absolute Gasteiger partial charge is 0.283 e. The van der Waals surface area contributed by atoms with Crippen molar-refractivity contribution in [2.75, 3.05) is 13.2 Å². The van der Waals surface area contributed by atoms with Crippen LogP contribution in [0.1, 0.15) is 97.0 Å². The summed E-state index contributed by atoms with van der Waals surface area (Å²) in [6.45, 7) is 6.74. The number of aryl methyl sites for hydroxylation is 1. The second kappa shape index (κ2) is 15.7. The molecule has 0 saturated carbocycles. The van der Waals surface area contributed by atoms with Crippen molar-refractivity contribution in [2.24, 2.45) is 5.92 Å². The van der Waals surface area contributed by atoms with Crippen LogP contribution >= 0.6 is 0 Å². The van der Waals surface area contributed by atoms with Gasteiger partial charge in [0.05, 0.1) is 0 Å². The van der Waals surface area contributed by atoms with Crippen LogP contribution in [0.4, 0.5) is 8.78 Å². The van der Waals surface area contributed by atoms with Crippen molar-refractivity contribution in [1.29, 1.82) is 0 Å². The van der Waals surface area contributed by atoms with E-state index in [0.29, 0.717) is 25.2 Å². The highest BCUT2D eigenvalue weighted by molar-refractivity contribution is 5.17. The van der Waals surface area contributed by atoms with Crippen LogP contribution in [0, 0.1) is 17.6 Å². The normalized spacial score (nSPS) is 13.0. The second-order valence-electron chi connectivity index (χ2n) is 8.13. The summed E-state index contributed by atoms with van der Waals surface area (Å²) in [5.41, 5.74) is 0.691. The first kappa shape index (κ1) is 27.0. The standard InChI is InChI=1S/C25H42F2O3/c1-4-7-8-9-10-13-16-22(25(28,29-5-2)30-6-3)17-14-11-12-15-21-18-23(26)20-24(27)19-21/h18-20,22,28H,4-17H2,1-3H3. The molecule has 0 aliphatic rings. The van der Waals surface area contributed by atoms with Gasteiger partial charge in [0.2, 0.25) is 0 Å². The Morgan fingerprint density at radius 1 is 0.767 bits per heavy atom. The lowest BCUT2D eigenvalue weighted by molar-refractivity contribution is -0.385. The van der Waals surface area contributed by atoms with Crippen LogP contribution < -0.4 is 0 Å². The van der Waals surface area contributed by atoms with E-state index in [4.69, 9.17) is 9.47 Å². The van der Waals surface area contributed by atoms with Gasteiger partial charge < -0.3 is 14.6 Å². The van der Waals surface area contributed by atoms with E-state index in [-0.39, 0.29) is 5.92 Å². The number of aliphatic hydroxyl groups is 1. The molecule has 0 radical (unpaired) electrons. The zero-order valence-electron chi connectivity index (χ0n) is 19.2. The molecular weight excluding hydrogens is 386 g/mol. The van der Waals surface area contributed by atoms with Gasteiger partial charge in [-0.15, -0.1) is 0 Å². The molecule has 0 fully saturated rings. The Hall–Kier alpha value is -1.04. The zero-order valence-corrected chi connectivity index (χ0v) is 19.2. The molecule has 5 heteroatoms. The van der Waals surface area contributed by atoms with Crippen LogP contribution in [0.25, 0.3) is 0 Å². The molecule has 0 heterocycles. The topological polar surface area (TPSA) is 38.7 Å². The second-order valence-corrected chi connectivity index (χ2v) is 8.13. The van der Waals surface area contributed by atoms with Gasteiger partial charge in [0.1, 0.15) is 11.6 Å². The number of hydrogen-bond donors (Lipinski definition) is 1. The monoisotopic (exact) mass is 428 g/mol. The highest BCUT2D eigenvalue weighted by atomic mass is 19.1. The third-order valence-corrected chi connectivity index (χ3v) is 5.56. The summed E-state index contributed by atoms with van der Waals surface area (Å²) in [6, 6.07) is 3.69. The minimum atomic E-state index is -1.53. The molecule has 174 valence electrons. The third kappa shape index (κ3) is 10.8. The summed E-state index contributed by atoms with van der Waals surface area (Å²) < 4.78 is 37.9. The fourth-order valence-corrected chi connectivity index (χ4v) is 4.02. The lowest BCUT2D eigenvalue weighted by Crippen LogP contribution is -2.44. The van der Waals surface area contributed by atoms with Crippen LogP contribution in [-0.4, -0.2) is 24.3 Å². The van der Waals surface area contributed by atoms with E-state index in [0.717, 1.165) is 51.0 Å². The van der Waals surface area contributed by atoms with Gasteiger partial charge in [-0.1, -0.05) is 58.3 Å². The van der Waals surface area contributed by atoms with Crippen molar-refractivity contribution < 1.29 is 23.4 Å². The Kier molecular flexibility index (Phi) is 14.1. The Balaban J connectivity index is 2.50. The summed E-state index contributed by atoms with van der Waals surface area (Å²) in [4.78, 5) is 0. The van der Waals surface area contributed by atoms with E-state index in [9.17, 15) is 13.9 Å². The molecule has 0 aromatic heterocycles. The maximum Gasteiger partial charge on any atom is 0.283 e. The summed E-state index contributed by atoms with van der Waals surface area (Å²) in [7, 11) is 0. The lowest BCUT2D eigenvalue weighted by atomic mass is 9.91. The molecule has 0 aliphatic carbocycles. The van der Waals surface area contributed by atoms with Gasteiger partial charge in [-0.3, -0.25) is 0 Å². The van der Waals surface area contributed by atoms with Crippen LogP contribution in [0.3, 0.4) is 0 Å². The van der Waals surface area contributed by atoms with Crippen LogP contribution in [0.5, 0.6) is 0 Å². The van der Waals surface area contributed by atoms with Crippen molar-refractivity contribution in [1.82, 2.24) is 0 Å². The molecule has 3 nitrogen and oxygen atoms in total. The summed E-state index contributed by atoms with van der Waals surface area (Å²) in [6.07, 6.45) is 12.3. The Morgan fingerprint density at radius 2 is 1.27 bits per heavy atom. The van der Waals surface area contributed by atoms with E-state index in [2.05, 4.69) is 6.92 Å². The molecule has 1 unspecified atom stereocenters. The molecule has 0 aliphatic heterocycles. The minimum Gasteiger partial charge on any atom is -0.343 e. The Labute approximate surface area is 182 Å². The molecule has 0 spiro atoms. The van der Waals surface area contributed by atoms with Crippen LogP contribution in [-0.2, 0) is 15.9 Å². The first-order chi connectivity index (χ1) is 14.4. The maximum atomic E-state index is 13.3. The van der Waals surface area contributed by atoms with E-state index < -0.39 is 17.6 Å². The number of hydrogen-bond acceptors (Lipinski definition) is 3. The first-order valence-electron chi connectivity index (χ1n) is 11.9. The highest BCUT2D eigenvalue weighted by Crippen LogP contribution is 2.31. The molecular formula is C25H42F2O3. The maximum absolute atomic E-state index is 13.3. The van der Waals surface area contributed by atoms with Crippen molar-refractivity contribution in [3.05, 3.63) is 35.4 Å². The summed E-state index contributed by atoms with van der Waals surface area (Å²) in [5.74, 6) is -2.65. The highest BCUT2D eigenvalue weighted by Gasteiger charge is 2.37. The molecule has 30 heavy (non-hydrogen) atoms. The molecule has 1 rings (SSSR count). The fourth-order valence-electron chi connectivity index (χ4n) is 4.02. The van der Waals surface area contributed by atoms with Crippen molar-refractivity contribution in [3.8, 4) is 0 Å². The van der Waals surface area contributed by atoms with Gasteiger partial charge >= 0.3 is 0 Å². The third-order valence-electron chi connectivity index (χ3n) is 5.56. The molecule has 1 N–H and O–H groups in total. The Morgan fingerprint density at radius 3 is 1.80 bits per heavy atom. The zero-order chi connectivity index (χ0) is 22.2. The predicted molar refractivity (Wildman–Crippen MR) is 118 cm³/mol. The molecule has 1 atom stereocenters. The number of unbranched alkanes of at least 4 members (excludes halogenated alkanes) is 7. The molecule has 0 saturated heterocycles. The number of rotatable bonds is 18. The van der Waals surface area contributed by atoms with Gasteiger partial charge in [-0.2, -0.15) is 0 Å². The van der Waals surface area contributed by atoms with E-state index in [1.165, 1.54) is 37.8 Å². The molecule has 1 aromatic carbocycles. The van der Waals surface area contributed by atoms with Crippen molar-refractivity contribution >= 4 is 0 Å². The van der Waals surface area contributed by atoms with Gasteiger partial charge in [-0.25, -0.2) is 8.78 Å². The average molecular weight is 429 g/mol. The first-order valence-corrected chi connectivity index (χ1v) is 11.9. The predicted octanol–water partition coefficient (Wildman–Crippen LogP) is 7.15. The lowest BCUT2D eigenvalue weighted by Gasteiger charge is -2.35. The van der Waals surface area contributed by atoms with Crippen LogP contribution in [0.15, 0.2) is 18.2 Å². The summed E-state index contributed by atoms with van der Waals surface area (Å²) in [5, 5.41) is 11.0.